The number of rotatable bonds is 6. The van der Waals surface area contributed by atoms with Crippen molar-refractivity contribution in [2.24, 2.45) is 0 Å². The quantitative estimate of drug-likeness (QED) is 0.651. The Bertz CT molecular complexity index is 596. The Morgan fingerprint density at radius 2 is 1.76 bits per heavy atom. The van der Waals surface area contributed by atoms with Crippen LogP contribution in [0.2, 0.25) is 0 Å². The molecule has 0 aromatic heterocycles. The number of benzene rings is 2. The van der Waals surface area contributed by atoms with Crippen LogP contribution in [0.15, 0.2) is 53.4 Å². The van der Waals surface area contributed by atoms with E-state index in [0.717, 1.165) is 16.8 Å². The zero-order valence-electron chi connectivity index (χ0n) is 12.3. The van der Waals surface area contributed by atoms with Crippen LogP contribution in [0, 0.1) is 0 Å². The molecule has 0 aliphatic heterocycles. The van der Waals surface area contributed by atoms with E-state index in [4.69, 9.17) is 4.74 Å². The molecule has 0 aliphatic carbocycles. The van der Waals surface area contributed by atoms with Crippen LogP contribution in [-0.4, -0.2) is 19.3 Å². The summed E-state index contributed by atoms with van der Waals surface area (Å²) in [6, 6.07) is 16.2. The first kappa shape index (κ1) is 15.4. The first-order valence-corrected chi connectivity index (χ1v) is 7.97. The summed E-state index contributed by atoms with van der Waals surface area (Å²) in [5.74, 6) is -0.216. The largest absolute Gasteiger partial charge is 0.469 e. The van der Waals surface area contributed by atoms with E-state index in [9.17, 15) is 4.79 Å². The summed E-state index contributed by atoms with van der Waals surface area (Å²) in [5, 5.41) is 3.38. The van der Waals surface area contributed by atoms with Crippen LogP contribution in [0.3, 0.4) is 0 Å². The van der Waals surface area contributed by atoms with Crippen molar-refractivity contribution in [1.82, 2.24) is 0 Å². The van der Waals surface area contributed by atoms with Gasteiger partial charge in [-0.3, -0.25) is 4.79 Å². The Labute approximate surface area is 129 Å². The van der Waals surface area contributed by atoms with Gasteiger partial charge in [0.2, 0.25) is 0 Å². The number of anilines is 1. The summed E-state index contributed by atoms with van der Waals surface area (Å²) in [7, 11) is 1.41. The van der Waals surface area contributed by atoms with E-state index in [0.29, 0.717) is 13.0 Å². The van der Waals surface area contributed by atoms with Gasteiger partial charge in [-0.05, 0) is 41.6 Å². The number of carbonyl (C=O) groups excluding carboxylic acids is 1. The lowest BCUT2D eigenvalue weighted by molar-refractivity contribution is -0.139. The van der Waals surface area contributed by atoms with Crippen LogP contribution >= 0.6 is 11.8 Å². The topological polar surface area (TPSA) is 38.3 Å². The van der Waals surface area contributed by atoms with Gasteiger partial charge in [-0.15, -0.1) is 11.8 Å². The van der Waals surface area contributed by atoms with Gasteiger partial charge in [0, 0.05) is 17.1 Å². The smallest absolute Gasteiger partial charge is 0.309 e. The highest BCUT2D eigenvalue weighted by Gasteiger charge is 2.07. The lowest BCUT2D eigenvalue weighted by Crippen LogP contribution is -2.09. The van der Waals surface area contributed by atoms with Gasteiger partial charge >= 0.3 is 5.97 Å². The highest BCUT2D eigenvalue weighted by Crippen LogP contribution is 2.19. The fraction of sp³-hybridized carbons (Fsp3) is 0.235. The van der Waals surface area contributed by atoms with Gasteiger partial charge in [0.05, 0.1) is 13.5 Å². The van der Waals surface area contributed by atoms with Crippen LogP contribution in [0.4, 0.5) is 5.69 Å². The maximum absolute atomic E-state index is 11.4. The van der Waals surface area contributed by atoms with Gasteiger partial charge in [-0.25, -0.2) is 0 Å². The Balaban J connectivity index is 2.03. The number of methoxy groups -OCH3 is 1. The molecule has 0 amide bonds. The summed E-state index contributed by atoms with van der Waals surface area (Å²) in [6.07, 6.45) is 2.37. The first-order chi connectivity index (χ1) is 10.2. The average Bonchev–Trinajstić information content (AvgIpc) is 2.54. The minimum atomic E-state index is -0.216. The molecule has 0 heterocycles. The standard InChI is InChI=1S/C17H19NO2S/c1-20-17(19)11-13-5-3-4-6-14(13)12-18-15-7-9-16(21-2)10-8-15/h3-10,18H,11-12H2,1-2H3. The van der Waals surface area contributed by atoms with Gasteiger partial charge in [-0.2, -0.15) is 0 Å². The van der Waals surface area contributed by atoms with Crippen LogP contribution in [0.25, 0.3) is 0 Å². The van der Waals surface area contributed by atoms with Crippen molar-refractivity contribution >= 4 is 23.4 Å². The van der Waals surface area contributed by atoms with Gasteiger partial charge in [0.25, 0.3) is 0 Å². The number of hydrogen-bond donors (Lipinski definition) is 1. The Hall–Kier alpha value is -1.94. The van der Waals surface area contributed by atoms with Crippen LogP contribution < -0.4 is 5.32 Å². The first-order valence-electron chi connectivity index (χ1n) is 6.74. The second-order valence-electron chi connectivity index (χ2n) is 4.60. The molecular formula is C17H19NO2S. The molecule has 0 atom stereocenters. The number of esters is 1. The lowest BCUT2D eigenvalue weighted by atomic mass is 10.0. The summed E-state index contributed by atoms with van der Waals surface area (Å²) < 4.78 is 4.74. The molecule has 21 heavy (non-hydrogen) atoms. The van der Waals surface area contributed by atoms with Crippen LogP contribution in [-0.2, 0) is 22.5 Å². The van der Waals surface area contributed by atoms with E-state index >= 15 is 0 Å². The molecule has 0 saturated heterocycles. The zero-order valence-corrected chi connectivity index (χ0v) is 13.1. The third-order valence-electron chi connectivity index (χ3n) is 3.25. The summed E-state index contributed by atoms with van der Waals surface area (Å²) in [6.45, 7) is 0.686. The molecule has 2 rings (SSSR count). The lowest BCUT2D eigenvalue weighted by Gasteiger charge is -2.11. The molecule has 0 unspecified atom stereocenters. The monoisotopic (exact) mass is 301 g/mol. The fourth-order valence-corrected chi connectivity index (χ4v) is 2.44. The molecule has 2 aromatic rings. The number of hydrogen-bond acceptors (Lipinski definition) is 4. The van der Waals surface area contributed by atoms with Crippen molar-refractivity contribution < 1.29 is 9.53 Å². The predicted octanol–water partition coefficient (Wildman–Crippen LogP) is 3.74. The summed E-state index contributed by atoms with van der Waals surface area (Å²) in [5.41, 5.74) is 3.18. The van der Waals surface area contributed by atoms with E-state index in [2.05, 4.69) is 35.8 Å². The Kier molecular flexibility index (Phi) is 5.69. The molecule has 110 valence electrons. The van der Waals surface area contributed by atoms with Gasteiger partial charge in [0.15, 0.2) is 0 Å². The molecule has 0 radical (unpaired) electrons. The minimum Gasteiger partial charge on any atom is -0.469 e. The number of ether oxygens (including phenoxy) is 1. The van der Waals surface area contributed by atoms with E-state index in [-0.39, 0.29) is 5.97 Å². The normalized spacial score (nSPS) is 10.2. The zero-order chi connectivity index (χ0) is 15.1. The predicted molar refractivity (Wildman–Crippen MR) is 87.7 cm³/mol. The molecule has 3 nitrogen and oxygen atoms in total. The molecule has 0 aliphatic rings. The van der Waals surface area contributed by atoms with E-state index in [1.807, 2.05) is 24.3 Å². The Morgan fingerprint density at radius 1 is 1.10 bits per heavy atom. The van der Waals surface area contributed by atoms with Crippen LogP contribution in [0.5, 0.6) is 0 Å². The van der Waals surface area contributed by atoms with Crippen molar-refractivity contribution in [2.75, 3.05) is 18.7 Å². The second-order valence-corrected chi connectivity index (χ2v) is 5.48. The van der Waals surface area contributed by atoms with Gasteiger partial charge < -0.3 is 10.1 Å². The molecule has 0 fully saturated rings. The van der Waals surface area contributed by atoms with Crippen molar-refractivity contribution in [2.45, 2.75) is 17.9 Å². The SMILES string of the molecule is COC(=O)Cc1ccccc1CNc1ccc(SC)cc1. The second kappa shape index (κ2) is 7.74. The van der Waals surface area contributed by atoms with Crippen molar-refractivity contribution in [3.63, 3.8) is 0 Å². The van der Waals surface area contributed by atoms with Crippen molar-refractivity contribution in [3.05, 3.63) is 59.7 Å². The van der Waals surface area contributed by atoms with E-state index in [1.165, 1.54) is 12.0 Å². The van der Waals surface area contributed by atoms with Crippen molar-refractivity contribution in [1.29, 1.82) is 0 Å². The molecule has 1 N–H and O–H groups in total. The fourth-order valence-electron chi connectivity index (χ4n) is 2.04. The maximum Gasteiger partial charge on any atom is 0.309 e. The highest BCUT2D eigenvalue weighted by molar-refractivity contribution is 7.98. The van der Waals surface area contributed by atoms with Crippen molar-refractivity contribution in [3.8, 4) is 0 Å². The molecule has 0 spiro atoms. The minimum absolute atomic E-state index is 0.216. The summed E-state index contributed by atoms with van der Waals surface area (Å²) >= 11 is 1.72. The third kappa shape index (κ3) is 4.53. The Morgan fingerprint density at radius 3 is 2.38 bits per heavy atom. The molecular weight excluding hydrogens is 282 g/mol. The van der Waals surface area contributed by atoms with E-state index in [1.54, 1.807) is 11.8 Å². The van der Waals surface area contributed by atoms with Gasteiger partial charge in [0.1, 0.15) is 0 Å². The number of carbonyl (C=O) groups is 1. The molecule has 0 bridgehead atoms. The molecule has 2 aromatic carbocycles. The highest BCUT2D eigenvalue weighted by atomic mass is 32.2. The van der Waals surface area contributed by atoms with Gasteiger partial charge in [-0.1, -0.05) is 24.3 Å². The molecule has 0 saturated carbocycles. The average molecular weight is 301 g/mol. The third-order valence-corrected chi connectivity index (χ3v) is 4.00. The van der Waals surface area contributed by atoms with Crippen LogP contribution in [0.1, 0.15) is 11.1 Å². The molecule has 4 heteroatoms. The van der Waals surface area contributed by atoms with E-state index < -0.39 is 0 Å². The number of thioether (sulfide) groups is 1. The number of nitrogens with one attached hydrogen (secondary N) is 1. The maximum atomic E-state index is 11.4. The summed E-state index contributed by atoms with van der Waals surface area (Å²) in [4.78, 5) is 12.7.